The van der Waals surface area contributed by atoms with Crippen molar-refractivity contribution >= 4 is 0 Å². The van der Waals surface area contributed by atoms with Gasteiger partial charge in [-0.25, -0.2) is 0 Å². The van der Waals surface area contributed by atoms with Crippen LogP contribution in [0.5, 0.6) is 0 Å². The lowest BCUT2D eigenvalue weighted by molar-refractivity contribution is -0.0171. The predicted octanol–water partition coefficient (Wildman–Crippen LogP) is 2.25. The zero-order valence-corrected chi connectivity index (χ0v) is 12.3. The van der Waals surface area contributed by atoms with E-state index in [2.05, 4.69) is 25.9 Å². The minimum Gasteiger partial charge on any atom is -0.381 e. The SMILES string of the molecule is CC1CCCC(C(N)C2CCCOC2)(N(C)C)C1. The molecule has 0 aromatic carbocycles. The number of ether oxygens (including phenoxy) is 1. The minimum atomic E-state index is 0.197. The van der Waals surface area contributed by atoms with Crippen LogP contribution in [-0.2, 0) is 4.74 Å². The zero-order chi connectivity index (χ0) is 13.2. The third-order valence-electron chi connectivity index (χ3n) is 5.22. The molecule has 2 aliphatic rings. The van der Waals surface area contributed by atoms with E-state index in [1.165, 1.54) is 38.5 Å². The van der Waals surface area contributed by atoms with Crippen LogP contribution in [0.3, 0.4) is 0 Å². The fourth-order valence-corrected chi connectivity index (χ4v) is 4.06. The third-order valence-corrected chi connectivity index (χ3v) is 5.22. The molecular weight excluding hydrogens is 224 g/mol. The Hall–Kier alpha value is -0.120. The number of likely N-dealkylation sites (N-methyl/N-ethyl adjacent to an activating group) is 1. The zero-order valence-electron chi connectivity index (χ0n) is 12.3. The molecule has 2 fully saturated rings. The highest BCUT2D eigenvalue weighted by atomic mass is 16.5. The van der Waals surface area contributed by atoms with Crippen LogP contribution in [0, 0.1) is 11.8 Å². The van der Waals surface area contributed by atoms with Crippen LogP contribution in [0.4, 0.5) is 0 Å². The molecule has 0 amide bonds. The maximum atomic E-state index is 6.70. The molecule has 0 aromatic rings. The van der Waals surface area contributed by atoms with Gasteiger partial charge in [-0.1, -0.05) is 19.8 Å². The van der Waals surface area contributed by atoms with Crippen molar-refractivity contribution < 1.29 is 4.74 Å². The van der Waals surface area contributed by atoms with E-state index >= 15 is 0 Å². The van der Waals surface area contributed by atoms with E-state index in [9.17, 15) is 0 Å². The Balaban J connectivity index is 2.12. The first-order valence-corrected chi connectivity index (χ1v) is 7.57. The quantitative estimate of drug-likeness (QED) is 0.839. The van der Waals surface area contributed by atoms with Crippen LogP contribution >= 0.6 is 0 Å². The molecule has 4 atom stereocenters. The third kappa shape index (κ3) is 2.73. The topological polar surface area (TPSA) is 38.5 Å². The summed E-state index contributed by atoms with van der Waals surface area (Å²) in [7, 11) is 4.42. The molecule has 3 heteroatoms. The maximum Gasteiger partial charge on any atom is 0.0509 e. The maximum absolute atomic E-state index is 6.70. The Labute approximate surface area is 112 Å². The molecule has 106 valence electrons. The molecule has 1 aliphatic carbocycles. The molecule has 0 aromatic heterocycles. The van der Waals surface area contributed by atoms with Gasteiger partial charge in [-0.15, -0.1) is 0 Å². The van der Waals surface area contributed by atoms with E-state index < -0.39 is 0 Å². The Morgan fingerprint density at radius 1 is 1.28 bits per heavy atom. The van der Waals surface area contributed by atoms with E-state index in [1.807, 2.05) is 0 Å². The average Bonchev–Trinajstić information content (AvgIpc) is 2.38. The lowest BCUT2D eigenvalue weighted by atomic mass is 9.67. The van der Waals surface area contributed by atoms with Gasteiger partial charge in [0.2, 0.25) is 0 Å². The lowest BCUT2D eigenvalue weighted by Crippen LogP contribution is -2.63. The summed E-state index contributed by atoms with van der Waals surface area (Å²) >= 11 is 0. The van der Waals surface area contributed by atoms with Gasteiger partial charge in [0.15, 0.2) is 0 Å². The van der Waals surface area contributed by atoms with E-state index in [0.29, 0.717) is 5.92 Å². The molecule has 0 bridgehead atoms. The second kappa shape index (κ2) is 5.89. The van der Waals surface area contributed by atoms with Gasteiger partial charge in [-0.3, -0.25) is 0 Å². The van der Waals surface area contributed by atoms with Crippen molar-refractivity contribution in [2.45, 2.75) is 57.0 Å². The predicted molar refractivity (Wildman–Crippen MR) is 75.6 cm³/mol. The van der Waals surface area contributed by atoms with Crippen molar-refractivity contribution in [2.75, 3.05) is 27.3 Å². The highest BCUT2D eigenvalue weighted by Crippen LogP contribution is 2.40. The van der Waals surface area contributed by atoms with Crippen molar-refractivity contribution in [3.8, 4) is 0 Å². The molecule has 1 heterocycles. The van der Waals surface area contributed by atoms with Gasteiger partial charge in [-0.2, -0.15) is 0 Å². The molecule has 4 unspecified atom stereocenters. The highest BCUT2D eigenvalue weighted by Gasteiger charge is 2.45. The summed E-state index contributed by atoms with van der Waals surface area (Å²) in [6.07, 6.45) is 7.60. The molecule has 0 spiro atoms. The van der Waals surface area contributed by atoms with Crippen molar-refractivity contribution in [1.29, 1.82) is 0 Å². The van der Waals surface area contributed by atoms with E-state index in [-0.39, 0.29) is 11.6 Å². The van der Waals surface area contributed by atoms with Crippen molar-refractivity contribution in [3.05, 3.63) is 0 Å². The van der Waals surface area contributed by atoms with E-state index in [0.717, 1.165) is 19.1 Å². The van der Waals surface area contributed by atoms with Crippen LogP contribution in [-0.4, -0.2) is 43.8 Å². The van der Waals surface area contributed by atoms with Crippen molar-refractivity contribution in [1.82, 2.24) is 4.90 Å². The molecule has 2 N–H and O–H groups in total. The number of nitrogens with zero attached hydrogens (tertiary/aromatic N) is 1. The van der Waals surface area contributed by atoms with Crippen LogP contribution in [0.1, 0.15) is 45.4 Å². The first-order valence-electron chi connectivity index (χ1n) is 7.57. The van der Waals surface area contributed by atoms with Gasteiger partial charge in [0, 0.05) is 18.2 Å². The Morgan fingerprint density at radius 3 is 2.61 bits per heavy atom. The fourth-order valence-electron chi connectivity index (χ4n) is 4.06. The van der Waals surface area contributed by atoms with E-state index in [1.54, 1.807) is 0 Å². The number of hydrogen-bond acceptors (Lipinski definition) is 3. The van der Waals surface area contributed by atoms with Crippen LogP contribution < -0.4 is 5.73 Å². The minimum absolute atomic E-state index is 0.197. The molecule has 18 heavy (non-hydrogen) atoms. The van der Waals surface area contributed by atoms with Crippen molar-refractivity contribution in [2.24, 2.45) is 17.6 Å². The second-order valence-electron chi connectivity index (χ2n) is 6.70. The Bertz CT molecular complexity index is 263. The summed E-state index contributed by atoms with van der Waals surface area (Å²) < 4.78 is 5.65. The van der Waals surface area contributed by atoms with Gasteiger partial charge in [0.1, 0.15) is 0 Å². The standard InChI is InChI=1S/C15H30N2O/c1-12-6-4-8-15(10-12,17(2)3)14(16)13-7-5-9-18-11-13/h12-14H,4-11,16H2,1-3H3. The molecule has 2 rings (SSSR count). The van der Waals surface area contributed by atoms with Gasteiger partial charge in [-0.05, 0) is 51.6 Å². The normalized spacial score (nSPS) is 39.8. The summed E-state index contributed by atoms with van der Waals surface area (Å²) in [5.41, 5.74) is 6.90. The van der Waals surface area contributed by atoms with Gasteiger partial charge in [0.05, 0.1) is 6.61 Å². The molecular formula is C15H30N2O. The molecule has 0 radical (unpaired) electrons. The van der Waals surface area contributed by atoms with Crippen molar-refractivity contribution in [3.63, 3.8) is 0 Å². The summed E-state index contributed by atoms with van der Waals surface area (Å²) in [5.74, 6) is 1.35. The summed E-state index contributed by atoms with van der Waals surface area (Å²) in [6.45, 7) is 4.17. The second-order valence-corrected chi connectivity index (χ2v) is 6.70. The summed E-state index contributed by atoms with van der Waals surface area (Å²) in [4.78, 5) is 2.40. The van der Waals surface area contributed by atoms with Gasteiger partial charge in [0.25, 0.3) is 0 Å². The molecule has 1 saturated heterocycles. The van der Waals surface area contributed by atoms with Gasteiger partial charge >= 0.3 is 0 Å². The number of nitrogens with two attached hydrogens (primary N) is 1. The van der Waals surface area contributed by atoms with E-state index in [4.69, 9.17) is 10.5 Å². The van der Waals surface area contributed by atoms with Crippen LogP contribution in [0.15, 0.2) is 0 Å². The van der Waals surface area contributed by atoms with Gasteiger partial charge < -0.3 is 15.4 Å². The lowest BCUT2D eigenvalue weighted by Gasteiger charge is -2.51. The number of rotatable bonds is 3. The smallest absolute Gasteiger partial charge is 0.0509 e. The first kappa shape index (κ1) is 14.3. The Morgan fingerprint density at radius 2 is 2.06 bits per heavy atom. The fraction of sp³-hybridized carbons (Fsp3) is 1.00. The molecule has 1 saturated carbocycles. The summed E-state index contributed by atoms with van der Waals surface area (Å²) in [5, 5.41) is 0. The first-order chi connectivity index (χ1) is 8.56. The van der Waals surface area contributed by atoms with Crippen LogP contribution in [0.25, 0.3) is 0 Å². The largest absolute Gasteiger partial charge is 0.381 e. The average molecular weight is 254 g/mol. The highest BCUT2D eigenvalue weighted by molar-refractivity contribution is 5.03. The summed E-state index contributed by atoms with van der Waals surface area (Å²) in [6, 6.07) is 0.260. The van der Waals surface area contributed by atoms with Crippen LogP contribution in [0.2, 0.25) is 0 Å². The molecule has 1 aliphatic heterocycles. The monoisotopic (exact) mass is 254 g/mol. The Kier molecular flexibility index (Phi) is 4.68. The number of hydrogen-bond donors (Lipinski definition) is 1. The molecule has 3 nitrogen and oxygen atoms in total.